The van der Waals surface area contributed by atoms with E-state index in [9.17, 15) is 14.4 Å². The number of ether oxygens (including phenoxy) is 1. The maximum atomic E-state index is 12.9. The monoisotopic (exact) mass is 375 g/mol. The lowest BCUT2D eigenvalue weighted by atomic mass is 10.0. The molecule has 2 N–H and O–H groups in total. The standard InChI is InChI=1S/C20H29N3O4/c1-12(2)21-17(25)13-8-9-15-14(10-13)23(18(26)20(6,7)27-15)11-16(24)22-19(3,4)5/h8-10,12H,11H2,1-7H3,(H,21,25)(H,22,24). The number of carbonyl (C=O) groups is 3. The lowest BCUT2D eigenvalue weighted by Crippen LogP contribution is -2.56. The number of rotatable bonds is 4. The molecule has 0 aromatic heterocycles. The van der Waals surface area contributed by atoms with Gasteiger partial charge in [0.15, 0.2) is 5.60 Å². The van der Waals surface area contributed by atoms with Crippen LogP contribution in [0, 0.1) is 0 Å². The van der Waals surface area contributed by atoms with Gasteiger partial charge in [-0.05, 0) is 66.7 Å². The van der Waals surface area contributed by atoms with Crippen molar-refractivity contribution >= 4 is 23.4 Å². The molecule has 1 aromatic carbocycles. The zero-order valence-corrected chi connectivity index (χ0v) is 17.1. The van der Waals surface area contributed by atoms with Crippen molar-refractivity contribution in [3.8, 4) is 5.75 Å². The van der Waals surface area contributed by atoms with E-state index in [2.05, 4.69) is 10.6 Å². The largest absolute Gasteiger partial charge is 0.476 e. The SMILES string of the molecule is CC(C)NC(=O)c1ccc2c(c1)N(CC(=O)NC(C)(C)C)C(=O)C(C)(C)O2. The van der Waals surface area contributed by atoms with Gasteiger partial charge in [0.1, 0.15) is 12.3 Å². The van der Waals surface area contributed by atoms with Crippen LogP contribution in [0.4, 0.5) is 5.69 Å². The van der Waals surface area contributed by atoms with Crippen LogP contribution < -0.4 is 20.3 Å². The first-order valence-electron chi connectivity index (χ1n) is 9.07. The average Bonchev–Trinajstić information content (AvgIpc) is 2.48. The van der Waals surface area contributed by atoms with Gasteiger partial charge in [0.2, 0.25) is 5.91 Å². The van der Waals surface area contributed by atoms with E-state index >= 15 is 0 Å². The normalized spacial score (nSPS) is 15.9. The quantitative estimate of drug-likeness (QED) is 0.845. The minimum absolute atomic E-state index is 0.0148. The molecule has 0 saturated carbocycles. The number of carbonyl (C=O) groups excluding carboxylic acids is 3. The molecule has 1 aliphatic rings. The summed E-state index contributed by atoms with van der Waals surface area (Å²) < 4.78 is 5.81. The Morgan fingerprint density at radius 2 is 1.85 bits per heavy atom. The Kier molecular flexibility index (Phi) is 5.54. The van der Waals surface area contributed by atoms with Crippen LogP contribution in [0.1, 0.15) is 58.8 Å². The van der Waals surface area contributed by atoms with Crippen LogP contribution in [0.15, 0.2) is 18.2 Å². The predicted octanol–water partition coefficient (Wildman–Crippen LogP) is 2.24. The van der Waals surface area contributed by atoms with Gasteiger partial charge in [0.05, 0.1) is 5.69 Å². The van der Waals surface area contributed by atoms with Crippen LogP contribution in [-0.4, -0.2) is 41.4 Å². The molecule has 1 heterocycles. The van der Waals surface area contributed by atoms with E-state index in [0.29, 0.717) is 17.0 Å². The van der Waals surface area contributed by atoms with Crippen molar-refractivity contribution in [1.82, 2.24) is 10.6 Å². The Bertz CT molecular complexity index is 763. The van der Waals surface area contributed by atoms with E-state index in [-0.39, 0.29) is 30.3 Å². The van der Waals surface area contributed by atoms with Gasteiger partial charge in [-0.3, -0.25) is 19.3 Å². The fourth-order valence-electron chi connectivity index (χ4n) is 2.81. The smallest absolute Gasteiger partial charge is 0.271 e. The third-order valence-electron chi connectivity index (χ3n) is 3.87. The van der Waals surface area contributed by atoms with E-state index in [1.807, 2.05) is 34.6 Å². The van der Waals surface area contributed by atoms with Crippen molar-refractivity contribution in [3.63, 3.8) is 0 Å². The number of nitrogens with one attached hydrogen (secondary N) is 2. The summed E-state index contributed by atoms with van der Waals surface area (Å²) in [5.41, 5.74) is -0.694. The summed E-state index contributed by atoms with van der Waals surface area (Å²) in [6.45, 7) is 12.5. The maximum absolute atomic E-state index is 12.9. The minimum atomic E-state index is -1.10. The van der Waals surface area contributed by atoms with Gasteiger partial charge in [-0.15, -0.1) is 0 Å². The second-order valence-electron chi connectivity index (χ2n) is 8.61. The molecule has 0 aliphatic carbocycles. The molecule has 0 spiro atoms. The first-order valence-corrected chi connectivity index (χ1v) is 9.07. The molecule has 27 heavy (non-hydrogen) atoms. The topological polar surface area (TPSA) is 87.7 Å². The summed E-state index contributed by atoms with van der Waals surface area (Å²) in [7, 11) is 0. The first kappa shape index (κ1) is 20.7. The number of fused-ring (bicyclic) bond motifs is 1. The molecule has 0 fully saturated rings. The Balaban J connectivity index is 2.40. The molecule has 0 bridgehead atoms. The van der Waals surface area contributed by atoms with Gasteiger partial charge in [-0.1, -0.05) is 0 Å². The molecule has 1 aromatic rings. The number of hydrogen-bond acceptors (Lipinski definition) is 4. The van der Waals surface area contributed by atoms with E-state index < -0.39 is 11.1 Å². The summed E-state index contributed by atoms with van der Waals surface area (Å²) in [6, 6.07) is 4.88. The lowest BCUT2D eigenvalue weighted by Gasteiger charge is -2.39. The molecule has 3 amide bonds. The molecule has 7 nitrogen and oxygen atoms in total. The summed E-state index contributed by atoms with van der Waals surface area (Å²) in [5.74, 6) is -0.398. The van der Waals surface area contributed by atoms with E-state index in [0.717, 1.165) is 0 Å². The van der Waals surface area contributed by atoms with Crippen molar-refractivity contribution in [1.29, 1.82) is 0 Å². The van der Waals surface area contributed by atoms with Crippen LogP contribution in [0.2, 0.25) is 0 Å². The second kappa shape index (κ2) is 7.21. The Morgan fingerprint density at radius 1 is 1.22 bits per heavy atom. The number of hydrogen-bond donors (Lipinski definition) is 2. The molecule has 148 valence electrons. The molecule has 0 unspecified atom stereocenters. The predicted molar refractivity (Wildman–Crippen MR) is 104 cm³/mol. The van der Waals surface area contributed by atoms with Crippen molar-refractivity contribution in [2.24, 2.45) is 0 Å². The summed E-state index contributed by atoms with van der Waals surface area (Å²) in [5, 5.41) is 5.67. The number of nitrogens with zero attached hydrogens (tertiary/aromatic N) is 1. The number of amides is 3. The van der Waals surface area contributed by atoms with Gasteiger partial charge in [-0.25, -0.2) is 0 Å². The fourth-order valence-corrected chi connectivity index (χ4v) is 2.81. The van der Waals surface area contributed by atoms with Gasteiger partial charge >= 0.3 is 0 Å². The van der Waals surface area contributed by atoms with Gasteiger partial charge < -0.3 is 15.4 Å². The third kappa shape index (κ3) is 4.99. The van der Waals surface area contributed by atoms with Crippen molar-refractivity contribution in [2.75, 3.05) is 11.4 Å². The highest BCUT2D eigenvalue weighted by Gasteiger charge is 2.42. The van der Waals surface area contributed by atoms with Gasteiger partial charge in [-0.2, -0.15) is 0 Å². The van der Waals surface area contributed by atoms with Crippen molar-refractivity contribution in [3.05, 3.63) is 23.8 Å². The van der Waals surface area contributed by atoms with E-state index in [4.69, 9.17) is 4.74 Å². The first-order chi connectivity index (χ1) is 12.3. The Labute approximate surface area is 160 Å². The highest BCUT2D eigenvalue weighted by Crippen LogP contribution is 2.38. The van der Waals surface area contributed by atoms with Crippen molar-refractivity contribution in [2.45, 2.75) is 65.6 Å². The maximum Gasteiger partial charge on any atom is 0.271 e. The molecule has 0 atom stereocenters. The summed E-state index contributed by atoms with van der Waals surface area (Å²) in [6.07, 6.45) is 0. The molecule has 0 radical (unpaired) electrons. The van der Waals surface area contributed by atoms with Crippen LogP contribution >= 0.6 is 0 Å². The average molecular weight is 375 g/mol. The zero-order valence-electron chi connectivity index (χ0n) is 17.1. The second-order valence-corrected chi connectivity index (χ2v) is 8.61. The van der Waals surface area contributed by atoms with E-state index in [1.165, 1.54) is 4.90 Å². The van der Waals surface area contributed by atoms with Crippen LogP contribution in [-0.2, 0) is 9.59 Å². The fraction of sp³-hybridized carbons (Fsp3) is 0.550. The number of benzene rings is 1. The summed E-state index contributed by atoms with van der Waals surface area (Å²) in [4.78, 5) is 39.0. The summed E-state index contributed by atoms with van der Waals surface area (Å²) >= 11 is 0. The van der Waals surface area contributed by atoms with Crippen LogP contribution in [0.5, 0.6) is 5.75 Å². The zero-order chi connectivity index (χ0) is 20.6. The highest BCUT2D eigenvalue weighted by molar-refractivity contribution is 6.07. The minimum Gasteiger partial charge on any atom is -0.476 e. The van der Waals surface area contributed by atoms with Gasteiger partial charge in [0.25, 0.3) is 11.8 Å². The molecule has 0 saturated heterocycles. The Morgan fingerprint density at radius 3 is 2.41 bits per heavy atom. The molecule has 2 rings (SSSR count). The van der Waals surface area contributed by atoms with Crippen LogP contribution in [0.3, 0.4) is 0 Å². The molecule has 1 aliphatic heterocycles. The third-order valence-corrected chi connectivity index (χ3v) is 3.87. The molecular formula is C20H29N3O4. The van der Waals surface area contributed by atoms with Crippen LogP contribution in [0.25, 0.3) is 0 Å². The van der Waals surface area contributed by atoms with Crippen molar-refractivity contribution < 1.29 is 19.1 Å². The van der Waals surface area contributed by atoms with Gasteiger partial charge in [0, 0.05) is 17.1 Å². The number of anilines is 1. The Hall–Kier alpha value is -2.57. The molecule has 7 heteroatoms. The molecular weight excluding hydrogens is 346 g/mol. The van der Waals surface area contributed by atoms with E-state index in [1.54, 1.807) is 32.0 Å². The highest BCUT2D eigenvalue weighted by atomic mass is 16.5. The lowest BCUT2D eigenvalue weighted by molar-refractivity contribution is -0.134.